The molecule has 0 saturated heterocycles. The van der Waals surface area contributed by atoms with Crippen molar-refractivity contribution in [2.45, 2.75) is 13.8 Å². The lowest BCUT2D eigenvalue weighted by Crippen LogP contribution is -2.11. The van der Waals surface area contributed by atoms with Gasteiger partial charge < -0.3 is 4.42 Å². The number of anilines is 1. The molecule has 7 heteroatoms. The molecule has 0 amide bonds. The highest BCUT2D eigenvalue weighted by Gasteiger charge is 2.07. The molecule has 0 atom stereocenters. The molecule has 0 saturated carbocycles. The lowest BCUT2D eigenvalue weighted by molar-refractivity contribution is 0.604. The number of furan rings is 1. The van der Waals surface area contributed by atoms with Crippen molar-refractivity contribution in [3.63, 3.8) is 0 Å². The van der Waals surface area contributed by atoms with Gasteiger partial charge in [0.15, 0.2) is 5.76 Å². The number of hydrogen-bond acceptors (Lipinski definition) is 5. The number of H-pyrrole nitrogens is 1. The predicted molar refractivity (Wildman–Crippen MR) is 89.3 cm³/mol. The third kappa shape index (κ3) is 3.09. The monoisotopic (exact) mass is 360 g/mol. The van der Waals surface area contributed by atoms with Crippen LogP contribution < -0.4 is 11.0 Å². The summed E-state index contributed by atoms with van der Waals surface area (Å²) in [4.78, 5) is 18.1. The predicted octanol–water partition coefficient (Wildman–Crippen LogP) is 3.42. The molecule has 0 radical (unpaired) electrons. The van der Waals surface area contributed by atoms with Crippen LogP contribution in [-0.2, 0) is 0 Å². The lowest BCUT2D eigenvalue weighted by atomic mass is 10.2. The maximum absolute atomic E-state index is 11.4. The molecule has 0 aliphatic rings. The molecule has 22 heavy (non-hydrogen) atoms. The molecule has 1 aromatic carbocycles. The second-order valence-corrected chi connectivity index (χ2v) is 5.75. The van der Waals surface area contributed by atoms with E-state index in [2.05, 4.69) is 36.4 Å². The van der Waals surface area contributed by atoms with Crippen molar-refractivity contribution in [3.05, 3.63) is 56.6 Å². The molecule has 112 valence electrons. The van der Waals surface area contributed by atoms with Crippen LogP contribution in [0.4, 0.5) is 5.95 Å². The second-order valence-electron chi connectivity index (χ2n) is 4.84. The summed E-state index contributed by atoms with van der Waals surface area (Å²) in [6.45, 7) is 3.56. The standard InChI is InChI=1S/C15H13BrN4O2/c1-8-5-14(21)18-15(17-8)20-19-9(2)13-7-10-6-11(16)3-4-12(10)22-13/h3-7H,1-2H3,(H2,17,18,20,21)/b19-9-. The van der Waals surface area contributed by atoms with Gasteiger partial charge in [0.05, 0.1) is 0 Å². The molecule has 2 N–H and O–H groups in total. The summed E-state index contributed by atoms with van der Waals surface area (Å²) in [7, 11) is 0. The number of hydrogen-bond donors (Lipinski definition) is 2. The number of halogens is 1. The Labute approximate surface area is 134 Å². The fraction of sp³-hybridized carbons (Fsp3) is 0.133. The minimum atomic E-state index is -0.226. The highest BCUT2D eigenvalue weighted by molar-refractivity contribution is 9.10. The van der Waals surface area contributed by atoms with E-state index in [4.69, 9.17) is 4.42 Å². The van der Waals surface area contributed by atoms with Crippen LogP contribution in [0.1, 0.15) is 18.4 Å². The molecule has 2 aromatic heterocycles. The zero-order valence-corrected chi connectivity index (χ0v) is 13.6. The Kier molecular flexibility index (Phi) is 3.81. The third-order valence-electron chi connectivity index (χ3n) is 3.03. The Morgan fingerprint density at radius 3 is 2.95 bits per heavy atom. The number of nitrogens with one attached hydrogen (secondary N) is 2. The molecule has 0 bridgehead atoms. The fourth-order valence-corrected chi connectivity index (χ4v) is 2.40. The number of aryl methyl sites for hydroxylation is 1. The van der Waals surface area contributed by atoms with Gasteiger partial charge in [0.1, 0.15) is 11.3 Å². The fourth-order valence-electron chi connectivity index (χ4n) is 2.02. The van der Waals surface area contributed by atoms with E-state index >= 15 is 0 Å². The largest absolute Gasteiger partial charge is 0.455 e. The van der Waals surface area contributed by atoms with E-state index in [0.29, 0.717) is 23.1 Å². The molecule has 0 aliphatic heterocycles. The molecule has 3 rings (SSSR count). The van der Waals surface area contributed by atoms with Crippen LogP contribution in [0.3, 0.4) is 0 Å². The summed E-state index contributed by atoms with van der Waals surface area (Å²) in [5.74, 6) is 0.943. The van der Waals surface area contributed by atoms with Crippen molar-refractivity contribution >= 4 is 38.6 Å². The maximum atomic E-state index is 11.4. The number of aromatic amines is 1. The van der Waals surface area contributed by atoms with Crippen molar-refractivity contribution in [3.8, 4) is 0 Å². The molecule has 6 nitrogen and oxygen atoms in total. The van der Waals surface area contributed by atoms with E-state index in [1.807, 2.05) is 31.2 Å². The lowest BCUT2D eigenvalue weighted by Gasteiger charge is -2.01. The zero-order valence-electron chi connectivity index (χ0n) is 12.0. The summed E-state index contributed by atoms with van der Waals surface area (Å²) in [6.07, 6.45) is 0. The number of nitrogens with zero attached hydrogens (tertiary/aromatic N) is 2. The average Bonchev–Trinajstić information content (AvgIpc) is 2.86. The molecular weight excluding hydrogens is 348 g/mol. The van der Waals surface area contributed by atoms with Crippen molar-refractivity contribution < 1.29 is 4.42 Å². The SMILES string of the molecule is C/C(=N/Nc1nc(C)cc(=O)[nH]1)c1cc2cc(Br)ccc2o1. The minimum Gasteiger partial charge on any atom is -0.455 e. The highest BCUT2D eigenvalue weighted by Crippen LogP contribution is 2.23. The van der Waals surface area contributed by atoms with Crippen LogP contribution in [0.15, 0.2) is 49.1 Å². The van der Waals surface area contributed by atoms with Gasteiger partial charge in [-0.3, -0.25) is 9.78 Å². The molecule has 0 fully saturated rings. The van der Waals surface area contributed by atoms with Crippen molar-refractivity contribution in [1.29, 1.82) is 0 Å². The van der Waals surface area contributed by atoms with E-state index in [0.717, 1.165) is 15.4 Å². The first-order valence-corrected chi connectivity index (χ1v) is 7.38. The van der Waals surface area contributed by atoms with Gasteiger partial charge in [-0.2, -0.15) is 5.10 Å². The highest BCUT2D eigenvalue weighted by atomic mass is 79.9. The molecule has 0 unspecified atom stereocenters. The van der Waals surface area contributed by atoms with Gasteiger partial charge in [0, 0.05) is 21.6 Å². The van der Waals surface area contributed by atoms with Gasteiger partial charge in [-0.15, -0.1) is 0 Å². The average molecular weight is 361 g/mol. The van der Waals surface area contributed by atoms with Crippen molar-refractivity contribution in [2.75, 3.05) is 5.43 Å². The van der Waals surface area contributed by atoms with Gasteiger partial charge >= 0.3 is 0 Å². The second kappa shape index (κ2) is 5.76. The summed E-state index contributed by atoms with van der Waals surface area (Å²) >= 11 is 3.43. The summed E-state index contributed by atoms with van der Waals surface area (Å²) in [5.41, 5.74) is 4.56. The van der Waals surface area contributed by atoms with Gasteiger partial charge in [-0.25, -0.2) is 10.4 Å². The van der Waals surface area contributed by atoms with Crippen LogP contribution in [0.25, 0.3) is 11.0 Å². The first-order valence-electron chi connectivity index (χ1n) is 6.59. The third-order valence-corrected chi connectivity index (χ3v) is 3.53. The Hall–Kier alpha value is -2.41. The molecule has 2 heterocycles. The smallest absolute Gasteiger partial charge is 0.252 e. The normalized spacial score (nSPS) is 11.9. The number of rotatable bonds is 3. The van der Waals surface area contributed by atoms with Gasteiger partial charge in [-0.05, 0) is 38.1 Å². The Morgan fingerprint density at radius 2 is 2.18 bits per heavy atom. The topological polar surface area (TPSA) is 83.3 Å². The number of aromatic nitrogens is 2. The summed E-state index contributed by atoms with van der Waals surface area (Å²) in [5, 5.41) is 5.18. The Morgan fingerprint density at radius 1 is 1.36 bits per heavy atom. The van der Waals surface area contributed by atoms with E-state index in [9.17, 15) is 4.79 Å². The van der Waals surface area contributed by atoms with Crippen molar-refractivity contribution in [2.24, 2.45) is 5.10 Å². The van der Waals surface area contributed by atoms with E-state index in [1.54, 1.807) is 6.92 Å². The van der Waals surface area contributed by atoms with Crippen LogP contribution in [0, 0.1) is 6.92 Å². The quantitative estimate of drug-likeness (QED) is 0.553. The van der Waals surface area contributed by atoms with Crippen LogP contribution in [-0.4, -0.2) is 15.7 Å². The van der Waals surface area contributed by atoms with Gasteiger partial charge in [0.2, 0.25) is 5.95 Å². The van der Waals surface area contributed by atoms with E-state index in [-0.39, 0.29) is 5.56 Å². The molecule has 3 aromatic rings. The summed E-state index contributed by atoms with van der Waals surface area (Å²) in [6, 6.07) is 9.11. The number of hydrazone groups is 1. The number of benzene rings is 1. The van der Waals surface area contributed by atoms with Crippen LogP contribution >= 0.6 is 15.9 Å². The Bertz CT molecular complexity index is 927. The number of fused-ring (bicyclic) bond motifs is 1. The minimum absolute atomic E-state index is 0.226. The first-order chi connectivity index (χ1) is 10.5. The molecular formula is C15H13BrN4O2. The van der Waals surface area contributed by atoms with Crippen LogP contribution in [0.2, 0.25) is 0 Å². The zero-order chi connectivity index (χ0) is 15.7. The maximum Gasteiger partial charge on any atom is 0.252 e. The van der Waals surface area contributed by atoms with Crippen LogP contribution in [0.5, 0.6) is 0 Å². The molecule has 0 spiro atoms. The molecule has 0 aliphatic carbocycles. The van der Waals surface area contributed by atoms with Crippen molar-refractivity contribution in [1.82, 2.24) is 9.97 Å². The van der Waals surface area contributed by atoms with Gasteiger partial charge in [0.25, 0.3) is 5.56 Å². The first kappa shape index (κ1) is 14.5. The van der Waals surface area contributed by atoms with E-state index in [1.165, 1.54) is 6.07 Å². The van der Waals surface area contributed by atoms with Gasteiger partial charge in [-0.1, -0.05) is 15.9 Å². The van der Waals surface area contributed by atoms with E-state index < -0.39 is 0 Å². The Balaban J connectivity index is 1.87. The summed E-state index contributed by atoms with van der Waals surface area (Å²) < 4.78 is 6.72.